The number of nitrogens with two attached hydrogens (primary N) is 2. The van der Waals surface area contributed by atoms with Gasteiger partial charge < -0.3 is 11.1 Å². The number of rotatable bonds is 3. The van der Waals surface area contributed by atoms with Crippen LogP contribution in [0.5, 0.6) is 0 Å². The molecule has 4 N–H and O–H groups in total. The van der Waals surface area contributed by atoms with Crippen molar-refractivity contribution < 1.29 is 5.32 Å². The van der Waals surface area contributed by atoms with Gasteiger partial charge in [-0.15, -0.1) is 0 Å². The quantitative estimate of drug-likeness (QED) is 0.504. The van der Waals surface area contributed by atoms with Gasteiger partial charge in [-0.1, -0.05) is 0 Å². The van der Waals surface area contributed by atoms with Crippen LogP contribution < -0.4 is 11.1 Å². The zero-order valence-corrected chi connectivity index (χ0v) is 7.13. The number of hydrogen-bond acceptors (Lipinski definition) is 2. The lowest BCUT2D eigenvalue weighted by atomic mass is 10.1. The fourth-order valence-electron chi connectivity index (χ4n) is 1.45. The van der Waals surface area contributed by atoms with Crippen LogP contribution in [0.25, 0.3) is 0 Å². The molecule has 0 aromatic rings. The third-order valence-electron chi connectivity index (χ3n) is 2.28. The van der Waals surface area contributed by atoms with Crippen LogP contribution >= 0.6 is 0 Å². The van der Waals surface area contributed by atoms with E-state index in [2.05, 4.69) is 11.9 Å². The Labute approximate surface area is 68.9 Å². The van der Waals surface area contributed by atoms with Gasteiger partial charge in [0.1, 0.15) is 0 Å². The molecule has 0 spiro atoms. The molecule has 1 saturated heterocycles. The van der Waals surface area contributed by atoms with E-state index in [0.29, 0.717) is 6.04 Å². The molecule has 0 unspecified atom stereocenters. The number of quaternary nitrogens is 1. The largest absolute Gasteiger partial charge is 0.478 e. The van der Waals surface area contributed by atoms with Crippen molar-refractivity contribution in [2.24, 2.45) is 5.73 Å². The average molecular weight is 157 g/mol. The number of likely N-dealkylation sites (tertiary alicyclic amines) is 1. The summed E-state index contributed by atoms with van der Waals surface area (Å²) in [5.74, 6) is 0. The minimum Gasteiger partial charge on any atom is -0.478 e. The van der Waals surface area contributed by atoms with Gasteiger partial charge in [-0.05, 0) is 25.9 Å². The van der Waals surface area contributed by atoms with Crippen molar-refractivity contribution in [2.45, 2.75) is 18.9 Å². The van der Waals surface area contributed by atoms with Crippen LogP contribution in [-0.2, 0) is 0 Å². The Bertz CT molecular complexity index is 94.8. The number of piperidine rings is 1. The Morgan fingerprint density at radius 3 is 2.64 bits per heavy atom. The van der Waals surface area contributed by atoms with E-state index in [4.69, 9.17) is 5.73 Å². The summed E-state index contributed by atoms with van der Waals surface area (Å²) in [7, 11) is 3.71. The molecular formula is C8H19N3. The van der Waals surface area contributed by atoms with Gasteiger partial charge in [-0.3, -0.25) is 4.90 Å². The van der Waals surface area contributed by atoms with E-state index in [0.717, 1.165) is 25.9 Å². The fourth-order valence-corrected chi connectivity index (χ4v) is 1.45. The Morgan fingerprint density at radius 2 is 2.09 bits per heavy atom. The predicted octanol–water partition coefficient (Wildman–Crippen LogP) is -1.24. The molecule has 3 nitrogen and oxygen atoms in total. The standard InChI is InChI=1S/C8H19N3/c1-10-4-7-11-5-2-8(9)3-6-11/h8H,1-7,9-10H2. The van der Waals surface area contributed by atoms with Crippen LogP contribution in [0.15, 0.2) is 0 Å². The van der Waals surface area contributed by atoms with E-state index >= 15 is 0 Å². The zero-order chi connectivity index (χ0) is 8.10. The van der Waals surface area contributed by atoms with Gasteiger partial charge in [0.05, 0.1) is 6.54 Å². The van der Waals surface area contributed by atoms with Gasteiger partial charge >= 0.3 is 0 Å². The Kier molecular flexibility index (Phi) is 3.83. The molecular weight excluding hydrogens is 138 g/mol. The van der Waals surface area contributed by atoms with Crippen molar-refractivity contribution in [3.8, 4) is 0 Å². The highest BCUT2D eigenvalue weighted by Crippen LogP contribution is 2.06. The maximum absolute atomic E-state index is 5.78. The van der Waals surface area contributed by atoms with Crippen LogP contribution in [0.1, 0.15) is 12.8 Å². The summed E-state index contributed by atoms with van der Waals surface area (Å²) in [6.07, 6.45) is 2.33. The van der Waals surface area contributed by atoms with E-state index in [-0.39, 0.29) is 0 Å². The summed E-state index contributed by atoms with van der Waals surface area (Å²) in [4.78, 5) is 2.46. The lowest BCUT2D eigenvalue weighted by Gasteiger charge is -2.29. The van der Waals surface area contributed by atoms with Crippen LogP contribution in [0, 0.1) is 7.05 Å². The second-order valence-electron chi connectivity index (χ2n) is 3.26. The topological polar surface area (TPSA) is 45.9 Å². The van der Waals surface area contributed by atoms with Crippen LogP contribution in [-0.4, -0.2) is 37.1 Å². The Hall–Kier alpha value is -0.120. The molecule has 1 aliphatic rings. The summed E-state index contributed by atoms with van der Waals surface area (Å²) in [5, 5.41) is 1.98. The molecule has 1 rings (SSSR count). The van der Waals surface area contributed by atoms with Crippen molar-refractivity contribution in [3.05, 3.63) is 7.05 Å². The zero-order valence-electron chi connectivity index (χ0n) is 7.13. The van der Waals surface area contributed by atoms with E-state index in [1.54, 1.807) is 0 Å². The molecule has 3 heteroatoms. The van der Waals surface area contributed by atoms with E-state index < -0.39 is 0 Å². The van der Waals surface area contributed by atoms with Crippen molar-refractivity contribution in [3.63, 3.8) is 0 Å². The van der Waals surface area contributed by atoms with Gasteiger partial charge in [0.2, 0.25) is 0 Å². The van der Waals surface area contributed by atoms with Gasteiger partial charge in [0.25, 0.3) is 0 Å². The molecule has 66 valence electrons. The molecule has 0 aromatic carbocycles. The molecule has 0 aromatic heterocycles. The Morgan fingerprint density at radius 1 is 1.45 bits per heavy atom. The molecule has 0 aliphatic carbocycles. The molecule has 1 heterocycles. The van der Waals surface area contributed by atoms with Crippen molar-refractivity contribution in [1.82, 2.24) is 4.90 Å². The smallest absolute Gasteiger partial charge is 0.0645 e. The minimum atomic E-state index is 0.454. The van der Waals surface area contributed by atoms with Gasteiger partial charge in [0, 0.05) is 12.6 Å². The maximum atomic E-state index is 5.78. The van der Waals surface area contributed by atoms with Crippen molar-refractivity contribution in [2.75, 3.05) is 26.2 Å². The first kappa shape index (κ1) is 8.97. The first-order chi connectivity index (χ1) is 5.33. The summed E-state index contributed by atoms with van der Waals surface area (Å²) >= 11 is 0. The van der Waals surface area contributed by atoms with Gasteiger partial charge in [0.15, 0.2) is 0 Å². The number of nitrogens with zero attached hydrogens (tertiary/aromatic N) is 1. The monoisotopic (exact) mass is 157 g/mol. The first-order valence-electron chi connectivity index (χ1n) is 4.42. The molecule has 0 bridgehead atoms. The summed E-state index contributed by atoms with van der Waals surface area (Å²) in [5.41, 5.74) is 5.78. The molecule has 1 fully saturated rings. The molecule has 0 atom stereocenters. The predicted molar refractivity (Wildman–Crippen MR) is 45.8 cm³/mol. The van der Waals surface area contributed by atoms with Crippen LogP contribution in [0.3, 0.4) is 0 Å². The van der Waals surface area contributed by atoms with E-state index in [1.165, 1.54) is 13.1 Å². The highest BCUT2D eigenvalue weighted by molar-refractivity contribution is 4.73. The molecule has 0 amide bonds. The first-order valence-corrected chi connectivity index (χ1v) is 4.42. The van der Waals surface area contributed by atoms with Crippen molar-refractivity contribution >= 4 is 0 Å². The average Bonchev–Trinajstić information content (AvgIpc) is 2.04. The Balaban J connectivity index is 2.07. The van der Waals surface area contributed by atoms with Crippen molar-refractivity contribution in [1.29, 1.82) is 0 Å². The highest BCUT2D eigenvalue weighted by Gasteiger charge is 2.14. The highest BCUT2D eigenvalue weighted by atomic mass is 15.1. The molecule has 0 radical (unpaired) electrons. The second kappa shape index (κ2) is 4.70. The maximum Gasteiger partial charge on any atom is 0.0645 e. The minimum absolute atomic E-state index is 0.454. The molecule has 0 saturated carbocycles. The van der Waals surface area contributed by atoms with E-state index in [9.17, 15) is 0 Å². The molecule has 1 aliphatic heterocycles. The van der Waals surface area contributed by atoms with E-state index in [1.807, 2.05) is 5.32 Å². The number of hydrogen-bond donors (Lipinski definition) is 2. The van der Waals surface area contributed by atoms with Gasteiger partial charge in [-0.2, -0.15) is 7.05 Å². The summed E-state index contributed by atoms with van der Waals surface area (Å²) < 4.78 is 0. The third kappa shape index (κ3) is 3.18. The summed E-state index contributed by atoms with van der Waals surface area (Å²) in [6, 6.07) is 0.454. The lowest BCUT2D eigenvalue weighted by molar-refractivity contribution is -0.595. The van der Waals surface area contributed by atoms with Crippen LogP contribution in [0.2, 0.25) is 0 Å². The lowest BCUT2D eigenvalue weighted by Crippen LogP contribution is -2.78. The van der Waals surface area contributed by atoms with Gasteiger partial charge in [-0.25, -0.2) is 0 Å². The third-order valence-corrected chi connectivity index (χ3v) is 2.28. The second-order valence-corrected chi connectivity index (χ2v) is 3.26. The van der Waals surface area contributed by atoms with Crippen LogP contribution in [0.4, 0.5) is 0 Å². The normalized spacial score (nSPS) is 22.4. The summed E-state index contributed by atoms with van der Waals surface area (Å²) in [6.45, 7) is 4.62. The molecule has 11 heavy (non-hydrogen) atoms. The SMILES string of the molecule is [CH2-][NH2+]CCN1CCC(N)CC1. The fraction of sp³-hybridized carbons (Fsp3) is 0.875.